The third-order valence-electron chi connectivity index (χ3n) is 3.90. The normalized spacial score (nSPS) is 11.7. The van der Waals surface area contributed by atoms with Crippen molar-refractivity contribution in [2.24, 2.45) is 0 Å². The van der Waals surface area contributed by atoms with Crippen LogP contribution in [0, 0.1) is 0 Å². The van der Waals surface area contributed by atoms with E-state index in [4.69, 9.17) is 4.74 Å². The number of amides is 1. The lowest BCUT2D eigenvalue weighted by Gasteiger charge is -2.24. The minimum Gasteiger partial charge on any atom is -0.452 e. The number of nitrogens with one attached hydrogen (secondary N) is 2. The van der Waals surface area contributed by atoms with Gasteiger partial charge in [-0.3, -0.25) is 9.52 Å². The van der Waals surface area contributed by atoms with Crippen molar-refractivity contribution in [1.29, 1.82) is 0 Å². The Balaban J connectivity index is 2.11. The van der Waals surface area contributed by atoms with Gasteiger partial charge < -0.3 is 10.1 Å². The zero-order valence-corrected chi connectivity index (χ0v) is 18.8. The summed E-state index contributed by atoms with van der Waals surface area (Å²) in [6.07, 6.45) is 0.718. The summed E-state index contributed by atoms with van der Waals surface area (Å²) in [5.74, 6) is -1.23. The van der Waals surface area contributed by atoms with Gasteiger partial charge in [0, 0.05) is 5.54 Å². The largest absolute Gasteiger partial charge is 0.452 e. The van der Waals surface area contributed by atoms with Crippen molar-refractivity contribution in [2.45, 2.75) is 36.9 Å². The molecule has 2 rings (SSSR count). The quantitative estimate of drug-likeness (QED) is 0.550. The van der Waals surface area contributed by atoms with Gasteiger partial charge in [0.05, 0.1) is 15.0 Å². The fourth-order valence-corrected chi connectivity index (χ4v) is 5.19. The Labute approximate surface area is 176 Å². The van der Waals surface area contributed by atoms with E-state index in [2.05, 4.69) is 26.0 Å². The fraction of sp³-hybridized carbons (Fsp3) is 0.333. The van der Waals surface area contributed by atoms with E-state index in [9.17, 15) is 18.0 Å². The zero-order chi connectivity index (χ0) is 20.9. The molecule has 1 aromatic heterocycles. The third kappa shape index (κ3) is 6.05. The molecule has 0 aliphatic heterocycles. The average Bonchev–Trinajstić information content (AvgIpc) is 3.07. The minimum atomic E-state index is -3.86. The molecule has 0 saturated heterocycles. The van der Waals surface area contributed by atoms with Crippen LogP contribution in [0.5, 0.6) is 0 Å². The number of carbonyl (C=O) groups is 2. The van der Waals surface area contributed by atoms with Gasteiger partial charge in [-0.15, -0.1) is 11.3 Å². The highest BCUT2D eigenvalue weighted by molar-refractivity contribution is 9.11. The van der Waals surface area contributed by atoms with Gasteiger partial charge in [-0.25, -0.2) is 13.2 Å². The Kier molecular flexibility index (Phi) is 7.24. The Morgan fingerprint density at radius 3 is 2.46 bits per heavy atom. The molecule has 2 aromatic rings. The van der Waals surface area contributed by atoms with E-state index < -0.39 is 34.0 Å². The average molecular weight is 489 g/mol. The predicted octanol–water partition coefficient (Wildman–Crippen LogP) is 3.77. The molecule has 152 valence electrons. The monoisotopic (exact) mass is 488 g/mol. The second-order valence-electron chi connectivity index (χ2n) is 6.57. The van der Waals surface area contributed by atoms with Gasteiger partial charge >= 0.3 is 5.97 Å². The van der Waals surface area contributed by atoms with Crippen molar-refractivity contribution in [3.05, 3.63) is 45.7 Å². The molecule has 0 spiro atoms. The molecule has 1 heterocycles. The molecule has 0 fully saturated rings. The smallest absolute Gasteiger partial charge is 0.340 e. The SMILES string of the molecule is CCC(C)(C)NC(=O)COC(=O)c1ccccc1NS(=O)(=O)c1ccc(Br)s1. The van der Waals surface area contributed by atoms with Gasteiger partial charge in [0.15, 0.2) is 6.61 Å². The molecular formula is C18H21BrN2O5S2. The summed E-state index contributed by atoms with van der Waals surface area (Å²) >= 11 is 4.27. The van der Waals surface area contributed by atoms with Gasteiger partial charge in [0.25, 0.3) is 15.9 Å². The van der Waals surface area contributed by atoms with Crippen LogP contribution in [-0.4, -0.2) is 32.4 Å². The van der Waals surface area contributed by atoms with E-state index in [0.29, 0.717) is 3.79 Å². The van der Waals surface area contributed by atoms with Crippen LogP contribution >= 0.6 is 27.3 Å². The second kappa shape index (κ2) is 9.06. The number of esters is 1. The van der Waals surface area contributed by atoms with Crippen molar-refractivity contribution >= 4 is 54.9 Å². The number of sulfonamides is 1. The van der Waals surface area contributed by atoms with Crippen molar-refractivity contribution in [3.63, 3.8) is 0 Å². The summed E-state index contributed by atoms with van der Waals surface area (Å²) in [6, 6.07) is 9.13. The lowest BCUT2D eigenvalue weighted by atomic mass is 10.0. The maximum absolute atomic E-state index is 12.5. The van der Waals surface area contributed by atoms with E-state index in [-0.39, 0.29) is 15.5 Å². The van der Waals surface area contributed by atoms with Crippen LogP contribution in [0.3, 0.4) is 0 Å². The van der Waals surface area contributed by atoms with Crippen molar-refractivity contribution in [1.82, 2.24) is 5.32 Å². The number of benzene rings is 1. The number of para-hydroxylation sites is 1. The summed E-state index contributed by atoms with van der Waals surface area (Å²) in [5.41, 5.74) is -0.318. The maximum atomic E-state index is 12.5. The maximum Gasteiger partial charge on any atom is 0.340 e. The molecule has 0 atom stereocenters. The molecule has 1 aromatic carbocycles. The van der Waals surface area contributed by atoms with Crippen LogP contribution in [0.2, 0.25) is 0 Å². The molecule has 2 N–H and O–H groups in total. The summed E-state index contributed by atoms with van der Waals surface area (Å²) in [4.78, 5) is 24.3. The Hall–Kier alpha value is -1.91. The molecule has 0 aliphatic rings. The Bertz CT molecular complexity index is 970. The molecule has 0 saturated carbocycles. The lowest BCUT2D eigenvalue weighted by molar-refractivity contribution is -0.125. The van der Waals surface area contributed by atoms with Crippen LogP contribution in [0.25, 0.3) is 0 Å². The zero-order valence-electron chi connectivity index (χ0n) is 15.6. The summed E-state index contributed by atoms with van der Waals surface area (Å²) in [5, 5.41) is 2.76. The first-order valence-electron chi connectivity index (χ1n) is 8.39. The molecule has 7 nitrogen and oxygen atoms in total. The highest BCUT2D eigenvalue weighted by atomic mass is 79.9. The molecule has 0 aliphatic carbocycles. The van der Waals surface area contributed by atoms with Gasteiger partial charge in [-0.05, 0) is 60.5 Å². The van der Waals surface area contributed by atoms with E-state index in [1.54, 1.807) is 18.2 Å². The highest BCUT2D eigenvalue weighted by Gasteiger charge is 2.22. The van der Waals surface area contributed by atoms with Gasteiger partial charge in [-0.2, -0.15) is 0 Å². The standard InChI is InChI=1S/C18H21BrN2O5S2/c1-4-18(2,3)20-15(22)11-26-17(23)12-7-5-6-8-13(12)21-28(24,25)16-10-9-14(19)27-16/h5-10,21H,4,11H2,1-3H3,(H,20,22). The van der Waals surface area contributed by atoms with E-state index in [1.807, 2.05) is 20.8 Å². The van der Waals surface area contributed by atoms with Crippen molar-refractivity contribution in [2.75, 3.05) is 11.3 Å². The van der Waals surface area contributed by atoms with Gasteiger partial charge in [0.2, 0.25) is 0 Å². The van der Waals surface area contributed by atoms with Gasteiger partial charge in [-0.1, -0.05) is 19.1 Å². The molecule has 28 heavy (non-hydrogen) atoms. The summed E-state index contributed by atoms with van der Waals surface area (Å²) in [7, 11) is -3.86. The lowest BCUT2D eigenvalue weighted by Crippen LogP contribution is -2.44. The Morgan fingerprint density at radius 2 is 1.86 bits per heavy atom. The molecule has 1 amide bonds. The topological polar surface area (TPSA) is 102 Å². The van der Waals surface area contributed by atoms with Crippen LogP contribution < -0.4 is 10.0 Å². The summed E-state index contributed by atoms with van der Waals surface area (Å²) < 4.78 is 33.2. The first-order chi connectivity index (χ1) is 13.0. The summed E-state index contributed by atoms with van der Waals surface area (Å²) in [6.45, 7) is 5.20. The number of carbonyl (C=O) groups excluding carboxylic acids is 2. The van der Waals surface area contributed by atoms with Crippen LogP contribution in [0.1, 0.15) is 37.6 Å². The Morgan fingerprint density at radius 1 is 1.18 bits per heavy atom. The number of halogens is 1. The van der Waals surface area contributed by atoms with Gasteiger partial charge in [0.1, 0.15) is 4.21 Å². The highest BCUT2D eigenvalue weighted by Crippen LogP contribution is 2.28. The second-order valence-corrected chi connectivity index (χ2v) is 10.9. The first kappa shape index (κ1) is 22.4. The predicted molar refractivity (Wildman–Crippen MR) is 112 cm³/mol. The number of ether oxygens (including phenoxy) is 1. The number of hydrogen-bond donors (Lipinski definition) is 2. The van der Waals surface area contributed by atoms with Crippen LogP contribution in [-0.2, 0) is 19.6 Å². The first-order valence-corrected chi connectivity index (χ1v) is 11.5. The third-order valence-corrected chi connectivity index (χ3v) is 7.38. The number of anilines is 1. The number of rotatable bonds is 8. The molecule has 0 bridgehead atoms. The van der Waals surface area contributed by atoms with E-state index >= 15 is 0 Å². The molecular weight excluding hydrogens is 468 g/mol. The fourth-order valence-electron chi connectivity index (χ4n) is 2.10. The van der Waals surface area contributed by atoms with Crippen molar-refractivity contribution < 1.29 is 22.7 Å². The van der Waals surface area contributed by atoms with Crippen LogP contribution in [0.15, 0.2) is 44.4 Å². The number of hydrogen-bond acceptors (Lipinski definition) is 6. The number of thiophene rings is 1. The van der Waals surface area contributed by atoms with Crippen molar-refractivity contribution in [3.8, 4) is 0 Å². The van der Waals surface area contributed by atoms with Crippen LogP contribution in [0.4, 0.5) is 5.69 Å². The minimum absolute atomic E-state index is 0.0178. The molecule has 0 radical (unpaired) electrons. The van der Waals surface area contributed by atoms with E-state index in [1.165, 1.54) is 18.2 Å². The molecule has 0 unspecified atom stereocenters. The molecule has 10 heteroatoms. The van der Waals surface area contributed by atoms with E-state index in [0.717, 1.165) is 17.8 Å².